The lowest BCUT2D eigenvalue weighted by Crippen LogP contribution is -2.23. The largest absolute Gasteiger partial charge is 0.280 e. The summed E-state index contributed by atoms with van der Waals surface area (Å²) in [4.78, 5) is 21.9. The van der Waals surface area contributed by atoms with Gasteiger partial charge in [0.1, 0.15) is 11.6 Å². The molecule has 4 rings (SSSR count). The van der Waals surface area contributed by atoms with Crippen molar-refractivity contribution >= 4 is 44.6 Å². The zero-order valence-electron chi connectivity index (χ0n) is 17.1. The van der Waals surface area contributed by atoms with Crippen LogP contribution < -0.4 is 10.2 Å². The maximum Gasteiger partial charge on any atom is 0.274 e. The molecule has 4 aromatic rings. The first-order valence-corrected chi connectivity index (χ1v) is 12.5. The number of halogens is 1. The van der Waals surface area contributed by atoms with E-state index in [4.69, 9.17) is 16.4 Å². The molecule has 0 aliphatic rings. The van der Waals surface area contributed by atoms with Crippen LogP contribution >= 0.6 is 22.9 Å². The molecule has 10 heteroatoms. The molecule has 0 atom stereocenters. The van der Waals surface area contributed by atoms with Crippen LogP contribution in [0.2, 0.25) is 5.02 Å². The molecule has 0 radical (unpaired) electrons. The molecule has 0 fully saturated rings. The van der Waals surface area contributed by atoms with Gasteiger partial charge in [0.15, 0.2) is 0 Å². The zero-order valence-corrected chi connectivity index (χ0v) is 19.5. The minimum Gasteiger partial charge on any atom is -0.280 e. The van der Waals surface area contributed by atoms with E-state index in [1.54, 1.807) is 42.5 Å². The van der Waals surface area contributed by atoms with Crippen molar-refractivity contribution in [3.8, 4) is 11.3 Å². The minimum atomic E-state index is -3.75. The summed E-state index contributed by atoms with van der Waals surface area (Å²) in [6.07, 6.45) is 0. The number of rotatable bonds is 8. The van der Waals surface area contributed by atoms with Gasteiger partial charge in [-0.2, -0.15) is 0 Å². The third kappa shape index (κ3) is 5.96. The van der Waals surface area contributed by atoms with E-state index in [0.717, 1.165) is 5.56 Å². The third-order valence-corrected chi connectivity index (χ3v) is 6.95. The predicted octanol–water partition coefficient (Wildman–Crippen LogP) is 5.13. The summed E-state index contributed by atoms with van der Waals surface area (Å²) in [7, 11) is -3.75. The van der Waals surface area contributed by atoms with E-state index < -0.39 is 10.0 Å². The Hall–Kier alpha value is -3.24. The lowest BCUT2D eigenvalue weighted by molar-refractivity contribution is 0.0233. The Balaban J connectivity index is 1.40. The highest BCUT2D eigenvalue weighted by Gasteiger charge is 2.15. The highest BCUT2D eigenvalue weighted by molar-refractivity contribution is 7.92. The number of sulfonamides is 1. The number of amides is 1. The number of carbonyl (C=O) groups excluding carboxylic acids is 1. The lowest BCUT2D eigenvalue weighted by atomic mass is 10.1. The second kappa shape index (κ2) is 10.1. The van der Waals surface area contributed by atoms with Gasteiger partial charge in [-0.1, -0.05) is 41.9 Å². The van der Waals surface area contributed by atoms with Crippen LogP contribution in [0, 0.1) is 0 Å². The number of nitrogens with zero attached hydrogens (tertiary/aromatic N) is 1. The predicted molar refractivity (Wildman–Crippen MR) is 129 cm³/mol. The maximum absolute atomic E-state index is 12.6. The third-order valence-electron chi connectivity index (χ3n) is 4.48. The number of hydrogen-bond acceptors (Lipinski definition) is 6. The number of hydrogen-bond donors (Lipinski definition) is 2. The molecule has 1 amide bonds. The van der Waals surface area contributed by atoms with Gasteiger partial charge in [-0.25, -0.2) is 18.9 Å². The first kappa shape index (κ1) is 22.9. The number of thiazole rings is 1. The fourth-order valence-electron chi connectivity index (χ4n) is 2.89. The van der Waals surface area contributed by atoms with Gasteiger partial charge in [0, 0.05) is 27.2 Å². The van der Waals surface area contributed by atoms with Crippen molar-refractivity contribution < 1.29 is 18.0 Å². The Bertz CT molecular complexity index is 1360. The van der Waals surface area contributed by atoms with E-state index in [9.17, 15) is 13.2 Å². The van der Waals surface area contributed by atoms with Gasteiger partial charge in [-0.3, -0.25) is 14.4 Å². The normalized spacial score (nSPS) is 11.2. The average Bonchev–Trinajstić information content (AvgIpc) is 3.29. The molecule has 1 heterocycles. The lowest BCUT2D eigenvalue weighted by Gasteiger charge is -2.09. The molecular weight excluding hydrogens is 482 g/mol. The fraction of sp³-hybridized carbons (Fsp3) is 0.0435. The van der Waals surface area contributed by atoms with Crippen molar-refractivity contribution in [3.05, 3.63) is 99.8 Å². The molecule has 1 aromatic heterocycles. The van der Waals surface area contributed by atoms with Gasteiger partial charge in [-0.15, -0.1) is 11.3 Å². The first-order chi connectivity index (χ1) is 15.9. The molecule has 0 saturated carbocycles. The Kier molecular flexibility index (Phi) is 7.05. The molecule has 0 saturated heterocycles. The van der Waals surface area contributed by atoms with E-state index in [-0.39, 0.29) is 17.4 Å². The molecular formula is C23H18ClN3O4S2. The van der Waals surface area contributed by atoms with Crippen molar-refractivity contribution in [3.63, 3.8) is 0 Å². The van der Waals surface area contributed by atoms with Crippen LogP contribution in [0.5, 0.6) is 0 Å². The van der Waals surface area contributed by atoms with E-state index in [1.807, 2.05) is 17.5 Å². The molecule has 0 aliphatic carbocycles. The zero-order chi connectivity index (χ0) is 23.3. The minimum absolute atomic E-state index is 0.103. The van der Waals surface area contributed by atoms with Crippen LogP contribution in [0.25, 0.3) is 11.3 Å². The van der Waals surface area contributed by atoms with Gasteiger partial charge >= 0.3 is 0 Å². The number of hydroxylamine groups is 1. The molecule has 7 nitrogen and oxygen atoms in total. The van der Waals surface area contributed by atoms with Crippen LogP contribution in [0.4, 0.5) is 5.69 Å². The van der Waals surface area contributed by atoms with Gasteiger partial charge in [0.05, 0.1) is 10.6 Å². The monoisotopic (exact) mass is 499 g/mol. The highest BCUT2D eigenvalue weighted by Crippen LogP contribution is 2.26. The van der Waals surface area contributed by atoms with Gasteiger partial charge < -0.3 is 0 Å². The second-order valence-electron chi connectivity index (χ2n) is 6.85. The topological polar surface area (TPSA) is 97.4 Å². The van der Waals surface area contributed by atoms with E-state index in [2.05, 4.69) is 15.2 Å². The molecule has 168 valence electrons. The van der Waals surface area contributed by atoms with Crippen LogP contribution in [0.1, 0.15) is 15.4 Å². The number of benzene rings is 3. The summed E-state index contributed by atoms with van der Waals surface area (Å²) in [5.74, 6) is -0.340. The Morgan fingerprint density at radius 2 is 1.76 bits per heavy atom. The number of anilines is 1. The SMILES string of the molecule is O=C(NOCc1nc(-c2cccc(NS(=O)(=O)c3ccc(Cl)cc3)c2)cs1)c1ccccc1. The Labute approximate surface area is 200 Å². The Morgan fingerprint density at radius 1 is 1.00 bits per heavy atom. The Morgan fingerprint density at radius 3 is 2.52 bits per heavy atom. The summed E-state index contributed by atoms with van der Waals surface area (Å²) in [6, 6.07) is 21.6. The van der Waals surface area contributed by atoms with Crippen molar-refractivity contribution in [1.29, 1.82) is 0 Å². The van der Waals surface area contributed by atoms with Gasteiger partial charge in [-0.05, 0) is 48.5 Å². The van der Waals surface area contributed by atoms with E-state index >= 15 is 0 Å². The number of aromatic nitrogens is 1. The molecule has 3 aromatic carbocycles. The molecule has 0 aliphatic heterocycles. The van der Waals surface area contributed by atoms with Crippen LogP contribution in [0.3, 0.4) is 0 Å². The molecule has 2 N–H and O–H groups in total. The maximum atomic E-state index is 12.6. The number of nitrogens with one attached hydrogen (secondary N) is 2. The van der Waals surface area contributed by atoms with Crippen LogP contribution in [-0.2, 0) is 21.5 Å². The summed E-state index contributed by atoms with van der Waals surface area (Å²) in [5, 5.41) is 2.95. The van der Waals surface area contributed by atoms with Crippen molar-refractivity contribution in [2.45, 2.75) is 11.5 Å². The van der Waals surface area contributed by atoms with Gasteiger partial charge in [0.25, 0.3) is 15.9 Å². The van der Waals surface area contributed by atoms with Crippen molar-refractivity contribution in [1.82, 2.24) is 10.5 Å². The second-order valence-corrected chi connectivity index (χ2v) is 9.91. The summed E-state index contributed by atoms with van der Waals surface area (Å²) < 4.78 is 27.8. The van der Waals surface area contributed by atoms with E-state index in [0.29, 0.717) is 27.0 Å². The van der Waals surface area contributed by atoms with Crippen LogP contribution in [-0.4, -0.2) is 19.3 Å². The quantitative estimate of drug-likeness (QED) is 0.328. The molecule has 33 heavy (non-hydrogen) atoms. The smallest absolute Gasteiger partial charge is 0.274 e. The molecule has 0 bridgehead atoms. The van der Waals surface area contributed by atoms with Crippen LogP contribution in [0.15, 0.2) is 89.1 Å². The fourth-order valence-corrected chi connectivity index (χ4v) is 4.78. The summed E-state index contributed by atoms with van der Waals surface area (Å²) >= 11 is 7.21. The first-order valence-electron chi connectivity index (χ1n) is 9.71. The standard InChI is InChI=1S/C23H18ClN3O4S2/c24-18-9-11-20(12-10-18)33(29,30)27-19-8-4-7-17(13-19)21-15-32-22(25-21)14-31-26-23(28)16-5-2-1-3-6-16/h1-13,15,27H,14H2,(H,26,28). The summed E-state index contributed by atoms with van der Waals surface area (Å²) in [6.45, 7) is 0.103. The molecule has 0 unspecified atom stereocenters. The van der Waals surface area contributed by atoms with Crippen molar-refractivity contribution in [2.75, 3.05) is 4.72 Å². The summed E-state index contributed by atoms with van der Waals surface area (Å²) in [5.41, 5.74) is 4.70. The molecule has 0 spiro atoms. The van der Waals surface area contributed by atoms with Gasteiger partial charge in [0.2, 0.25) is 0 Å². The highest BCUT2D eigenvalue weighted by atomic mass is 35.5. The number of carbonyl (C=O) groups is 1. The van der Waals surface area contributed by atoms with Crippen molar-refractivity contribution in [2.24, 2.45) is 0 Å². The van der Waals surface area contributed by atoms with E-state index in [1.165, 1.54) is 35.6 Å². The average molecular weight is 500 g/mol.